The molecule has 44 valence electrons. The lowest BCUT2D eigenvalue weighted by Gasteiger charge is -1.92. The first-order valence-corrected chi connectivity index (χ1v) is 3.82. The average Bonchev–Trinajstić information content (AvgIpc) is 2.63. The maximum Gasteiger partial charge on any atom is -0.000968 e. The Labute approximate surface area is 55.3 Å². The van der Waals surface area contributed by atoms with E-state index in [4.69, 9.17) is 12.2 Å². The summed E-state index contributed by atoms with van der Waals surface area (Å²) in [6, 6.07) is 0. The molecule has 0 heterocycles. The highest BCUT2D eigenvalue weighted by molar-refractivity contribution is 7.80. The second-order valence-electron chi connectivity index (χ2n) is 2.95. The Bertz CT molecular complexity index is 106. The molecule has 2 saturated carbocycles. The van der Waals surface area contributed by atoms with Gasteiger partial charge in [0.15, 0.2) is 0 Å². The summed E-state index contributed by atoms with van der Waals surface area (Å²) >= 11 is 5.23. The SMILES string of the molecule is S=C(C1CC1)C1CC1. The fourth-order valence-corrected chi connectivity index (χ4v) is 1.54. The smallest absolute Gasteiger partial charge is 0.000968 e. The van der Waals surface area contributed by atoms with Crippen molar-refractivity contribution in [2.75, 3.05) is 0 Å². The van der Waals surface area contributed by atoms with Crippen molar-refractivity contribution in [1.29, 1.82) is 0 Å². The Morgan fingerprint density at radius 2 is 1.38 bits per heavy atom. The van der Waals surface area contributed by atoms with E-state index < -0.39 is 0 Å². The van der Waals surface area contributed by atoms with Crippen LogP contribution in [0.5, 0.6) is 0 Å². The number of rotatable bonds is 2. The predicted octanol–water partition coefficient (Wildman–Crippen LogP) is 2.18. The molecule has 0 radical (unpaired) electrons. The molecule has 1 heteroatoms. The van der Waals surface area contributed by atoms with Crippen molar-refractivity contribution in [3.05, 3.63) is 0 Å². The second-order valence-corrected chi connectivity index (χ2v) is 3.42. The molecule has 0 unspecified atom stereocenters. The van der Waals surface area contributed by atoms with Gasteiger partial charge in [-0.05, 0) is 42.4 Å². The summed E-state index contributed by atoms with van der Waals surface area (Å²) in [5.74, 6) is 1.77. The summed E-state index contributed by atoms with van der Waals surface area (Å²) in [6.45, 7) is 0. The van der Waals surface area contributed by atoms with Crippen LogP contribution in [-0.2, 0) is 0 Å². The van der Waals surface area contributed by atoms with Crippen LogP contribution < -0.4 is 0 Å². The van der Waals surface area contributed by atoms with Gasteiger partial charge in [0.2, 0.25) is 0 Å². The van der Waals surface area contributed by atoms with Gasteiger partial charge >= 0.3 is 0 Å². The van der Waals surface area contributed by atoms with Crippen LogP contribution in [0.15, 0.2) is 0 Å². The third-order valence-corrected chi connectivity index (χ3v) is 2.63. The largest absolute Gasteiger partial charge is 0.0891 e. The molecule has 0 spiro atoms. The first-order chi connectivity index (χ1) is 3.88. The van der Waals surface area contributed by atoms with Crippen molar-refractivity contribution < 1.29 is 0 Å². The van der Waals surface area contributed by atoms with Gasteiger partial charge in [0.25, 0.3) is 0 Å². The normalized spacial score (nSPS) is 28.0. The number of hydrogen-bond donors (Lipinski definition) is 0. The van der Waals surface area contributed by atoms with E-state index in [9.17, 15) is 0 Å². The van der Waals surface area contributed by atoms with Gasteiger partial charge in [-0.25, -0.2) is 0 Å². The first kappa shape index (κ1) is 4.92. The summed E-state index contributed by atoms with van der Waals surface area (Å²) in [4.78, 5) is 1.41. The molecular formula is C7H10S. The van der Waals surface area contributed by atoms with Gasteiger partial charge in [-0.15, -0.1) is 0 Å². The highest BCUT2D eigenvalue weighted by Gasteiger charge is 2.36. The Balaban J connectivity index is 1.93. The molecule has 8 heavy (non-hydrogen) atoms. The molecular weight excluding hydrogens is 116 g/mol. The van der Waals surface area contributed by atoms with E-state index in [-0.39, 0.29) is 0 Å². The summed E-state index contributed by atoms with van der Waals surface area (Å²) in [7, 11) is 0. The van der Waals surface area contributed by atoms with Crippen LogP contribution in [0, 0.1) is 11.8 Å². The highest BCUT2D eigenvalue weighted by atomic mass is 32.1. The molecule has 2 aliphatic rings. The Hall–Kier alpha value is 0.0900. The summed E-state index contributed by atoms with van der Waals surface area (Å²) < 4.78 is 0. The fraction of sp³-hybridized carbons (Fsp3) is 0.857. The average molecular weight is 126 g/mol. The lowest BCUT2D eigenvalue weighted by Crippen LogP contribution is -1.97. The van der Waals surface area contributed by atoms with Gasteiger partial charge in [0, 0.05) is 0 Å². The van der Waals surface area contributed by atoms with Gasteiger partial charge in [-0.1, -0.05) is 12.2 Å². The van der Waals surface area contributed by atoms with E-state index in [1.165, 1.54) is 30.5 Å². The molecule has 0 bridgehead atoms. The molecule has 0 atom stereocenters. The number of thiocarbonyl (C=S) groups is 1. The molecule has 0 aromatic rings. The molecule has 0 aliphatic heterocycles. The first-order valence-electron chi connectivity index (χ1n) is 3.41. The van der Waals surface area contributed by atoms with Crippen LogP contribution in [0.3, 0.4) is 0 Å². The zero-order valence-corrected chi connectivity index (χ0v) is 5.71. The van der Waals surface area contributed by atoms with Crippen LogP contribution in [-0.4, -0.2) is 4.86 Å². The third-order valence-electron chi connectivity index (χ3n) is 1.96. The molecule has 0 nitrogen and oxygen atoms in total. The quantitative estimate of drug-likeness (QED) is 0.511. The minimum atomic E-state index is 0.887. The van der Waals surface area contributed by atoms with E-state index in [0.717, 1.165) is 11.8 Å². The molecule has 0 N–H and O–H groups in total. The Morgan fingerprint density at radius 1 is 1.00 bits per heavy atom. The predicted molar refractivity (Wildman–Crippen MR) is 38.0 cm³/mol. The molecule has 0 aromatic carbocycles. The van der Waals surface area contributed by atoms with Crippen molar-refractivity contribution >= 4 is 17.1 Å². The van der Waals surface area contributed by atoms with Crippen molar-refractivity contribution in [2.45, 2.75) is 25.7 Å². The van der Waals surface area contributed by atoms with Gasteiger partial charge in [-0.2, -0.15) is 0 Å². The molecule has 0 amide bonds. The van der Waals surface area contributed by atoms with Crippen molar-refractivity contribution in [3.8, 4) is 0 Å². The topological polar surface area (TPSA) is 0 Å². The van der Waals surface area contributed by atoms with Crippen LogP contribution >= 0.6 is 12.2 Å². The number of hydrogen-bond acceptors (Lipinski definition) is 1. The Morgan fingerprint density at radius 3 is 1.62 bits per heavy atom. The minimum absolute atomic E-state index is 0.887. The van der Waals surface area contributed by atoms with E-state index in [0.29, 0.717) is 0 Å². The monoisotopic (exact) mass is 126 g/mol. The second kappa shape index (κ2) is 1.53. The third kappa shape index (κ3) is 0.795. The van der Waals surface area contributed by atoms with Crippen molar-refractivity contribution in [1.82, 2.24) is 0 Å². The standard InChI is InChI=1S/C7H10S/c8-7(5-1-2-5)6-3-4-6/h5-6H,1-4H2. The highest BCUT2D eigenvalue weighted by Crippen LogP contribution is 2.41. The van der Waals surface area contributed by atoms with E-state index in [1.54, 1.807) is 0 Å². The molecule has 0 aromatic heterocycles. The summed E-state index contributed by atoms with van der Waals surface area (Å²) in [5.41, 5.74) is 0. The molecule has 2 fully saturated rings. The molecule has 0 saturated heterocycles. The zero-order valence-electron chi connectivity index (χ0n) is 4.89. The molecule has 2 aliphatic carbocycles. The lowest BCUT2D eigenvalue weighted by molar-refractivity contribution is 1.09. The van der Waals surface area contributed by atoms with Crippen LogP contribution in [0.25, 0.3) is 0 Å². The zero-order chi connectivity index (χ0) is 5.56. The summed E-state index contributed by atoms with van der Waals surface area (Å²) in [5, 5.41) is 0. The summed E-state index contributed by atoms with van der Waals surface area (Å²) in [6.07, 6.45) is 5.59. The maximum atomic E-state index is 5.23. The maximum absolute atomic E-state index is 5.23. The van der Waals surface area contributed by atoms with Crippen LogP contribution in [0.2, 0.25) is 0 Å². The fourth-order valence-electron chi connectivity index (χ4n) is 1.07. The van der Waals surface area contributed by atoms with E-state index in [2.05, 4.69) is 0 Å². The van der Waals surface area contributed by atoms with Gasteiger partial charge < -0.3 is 0 Å². The molecule has 2 rings (SSSR count). The van der Waals surface area contributed by atoms with E-state index >= 15 is 0 Å². The van der Waals surface area contributed by atoms with Gasteiger partial charge in [-0.3, -0.25) is 0 Å². The van der Waals surface area contributed by atoms with Gasteiger partial charge in [0.1, 0.15) is 0 Å². The van der Waals surface area contributed by atoms with Crippen molar-refractivity contribution in [3.63, 3.8) is 0 Å². The van der Waals surface area contributed by atoms with Crippen molar-refractivity contribution in [2.24, 2.45) is 11.8 Å². The van der Waals surface area contributed by atoms with Crippen LogP contribution in [0.1, 0.15) is 25.7 Å². The van der Waals surface area contributed by atoms with Crippen LogP contribution in [0.4, 0.5) is 0 Å². The Kier molecular flexibility index (Phi) is 0.944. The lowest BCUT2D eigenvalue weighted by atomic mass is 10.2. The minimum Gasteiger partial charge on any atom is -0.0891 e. The van der Waals surface area contributed by atoms with Gasteiger partial charge in [0.05, 0.1) is 0 Å². The van der Waals surface area contributed by atoms with E-state index in [1.807, 2.05) is 0 Å².